The average molecular weight is 360 g/mol. The van der Waals surface area contributed by atoms with E-state index < -0.39 is 54.3 Å². The van der Waals surface area contributed by atoms with Gasteiger partial charge in [0.2, 0.25) is 5.91 Å². The van der Waals surface area contributed by atoms with Crippen LogP contribution in [-0.4, -0.2) is 67.4 Å². The van der Waals surface area contributed by atoms with Gasteiger partial charge in [-0.1, -0.05) is 0 Å². The van der Waals surface area contributed by atoms with E-state index in [2.05, 4.69) is 5.32 Å². The minimum absolute atomic E-state index is 0.00786. The van der Waals surface area contributed by atoms with Crippen LogP contribution >= 0.6 is 0 Å². The molecule has 0 aromatic rings. The summed E-state index contributed by atoms with van der Waals surface area (Å²) in [5.74, 6) is -2.24. The third-order valence-electron chi connectivity index (χ3n) is 3.45. The third-order valence-corrected chi connectivity index (χ3v) is 3.45. The number of nitrogens with two attached hydrogens (primary N) is 1. The number of hydrogen-bond acceptors (Lipinski definition) is 9. The van der Waals surface area contributed by atoms with Crippen LogP contribution in [0.25, 0.3) is 0 Å². The maximum atomic E-state index is 11.5. The van der Waals surface area contributed by atoms with Gasteiger partial charge in [0.1, 0.15) is 12.7 Å². The summed E-state index contributed by atoms with van der Waals surface area (Å²) < 4.78 is 21.2. The van der Waals surface area contributed by atoms with E-state index in [1.807, 2.05) is 0 Å². The Hall–Kier alpha value is -2.20. The van der Waals surface area contributed by atoms with Gasteiger partial charge in [0.05, 0.1) is 12.1 Å². The molecule has 0 radical (unpaired) electrons. The van der Waals surface area contributed by atoms with Gasteiger partial charge >= 0.3 is 17.9 Å². The van der Waals surface area contributed by atoms with Crippen LogP contribution in [0.1, 0.15) is 27.7 Å². The minimum Gasteiger partial charge on any atom is -0.463 e. The van der Waals surface area contributed by atoms with Crippen molar-refractivity contribution in [3.63, 3.8) is 0 Å². The summed E-state index contributed by atoms with van der Waals surface area (Å²) in [5.41, 5.74) is 5.69. The first-order valence-corrected chi connectivity index (χ1v) is 7.76. The number of amides is 1. The van der Waals surface area contributed by atoms with Crippen LogP contribution in [0.5, 0.6) is 0 Å². The first kappa shape index (κ1) is 20.8. The zero-order chi connectivity index (χ0) is 19.1. The number of nitrogens with one attached hydrogen (secondary N) is 1. The first-order valence-electron chi connectivity index (χ1n) is 7.76. The van der Waals surface area contributed by atoms with Crippen molar-refractivity contribution in [2.75, 3.05) is 13.2 Å². The van der Waals surface area contributed by atoms with Crippen LogP contribution in [0.15, 0.2) is 0 Å². The van der Waals surface area contributed by atoms with E-state index in [0.29, 0.717) is 0 Å². The Kier molecular flexibility index (Phi) is 7.78. The summed E-state index contributed by atoms with van der Waals surface area (Å²) in [4.78, 5) is 45.6. The van der Waals surface area contributed by atoms with Gasteiger partial charge in [0, 0.05) is 34.2 Å². The number of carbonyl (C=O) groups is 4. The highest BCUT2D eigenvalue weighted by atomic mass is 16.6. The second-order valence-electron chi connectivity index (χ2n) is 5.63. The minimum atomic E-state index is -1.08. The summed E-state index contributed by atoms with van der Waals surface area (Å²) in [6.45, 7) is 4.62. The van der Waals surface area contributed by atoms with Crippen molar-refractivity contribution in [2.45, 2.75) is 58.2 Å². The molecule has 142 valence electrons. The highest BCUT2D eigenvalue weighted by Crippen LogP contribution is 2.26. The van der Waals surface area contributed by atoms with E-state index in [1.165, 1.54) is 27.7 Å². The molecule has 0 aromatic heterocycles. The Balaban J connectivity index is 3.18. The summed E-state index contributed by atoms with van der Waals surface area (Å²) in [6.07, 6.45) is -3.77. The van der Waals surface area contributed by atoms with Crippen molar-refractivity contribution in [3.8, 4) is 0 Å². The van der Waals surface area contributed by atoms with Crippen molar-refractivity contribution >= 4 is 23.8 Å². The fourth-order valence-electron chi connectivity index (χ4n) is 2.63. The average Bonchev–Trinajstić information content (AvgIpc) is 2.48. The van der Waals surface area contributed by atoms with Gasteiger partial charge in [-0.2, -0.15) is 0 Å². The lowest BCUT2D eigenvalue weighted by Gasteiger charge is -2.45. The van der Waals surface area contributed by atoms with E-state index in [9.17, 15) is 19.2 Å². The Morgan fingerprint density at radius 3 is 1.92 bits per heavy atom. The van der Waals surface area contributed by atoms with Crippen molar-refractivity contribution in [1.29, 1.82) is 0 Å². The SMILES string of the molecule is CC(=O)NC1C(CN)OC(COC(C)=O)C(OC(C)=O)C1OC(C)=O. The van der Waals surface area contributed by atoms with Crippen molar-refractivity contribution < 1.29 is 38.1 Å². The molecule has 0 aromatic carbocycles. The fourth-order valence-corrected chi connectivity index (χ4v) is 2.63. The van der Waals surface area contributed by atoms with E-state index in [1.54, 1.807) is 0 Å². The standard InChI is InChI=1S/C15H24N2O8/c1-7(18)17-13-11(5-16)25-12(6-22-8(2)19)14(23-9(3)20)15(13)24-10(4)21/h11-15H,5-6,16H2,1-4H3,(H,17,18). The smallest absolute Gasteiger partial charge is 0.303 e. The molecular weight excluding hydrogens is 336 g/mol. The molecule has 3 N–H and O–H groups in total. The molecule has 5 atom stereocenters. The van der Waals surface area contributed by atoms with Gasteiger partial charge in [-0.25, -0.2) is 0 Å². The van der Waals surface area contributed by atoms with Gasteiger partial charge in [-0.3, -0.25) is 19.2 Å². The Bertz CT molecular complexity index is 524. The molecule has 25 heavy (non-hydrogen) atoms. The molecule has 10 nitrogen and oxygen atoms in total. The highest BCUT2D eigenvalue weighted by molar-refractivity contribution is 5.73. The molecule has 10 heteroatoms. The van der Waals surface area contributed by atoms with Crippen LogP contribution in [0, 0.1) is 0 Å². The van der Waals surface area contributed by atoms with Crippen LogP contribution in [0.4, 0.5) is 0 Å². The van der Waals surface area contributed by atoms with Crippen LogP contribution < -0.4 is 11.1 Å². The zero-order valence-corrected chi connectivity index (χ0v) is 14.6. The van der Waals surface area contributed by atoms with Gasteiger partial charge in [0.25, 0.3) is 0 Å². The maximum absolute atomic E-state index is 11.5. The topological polar surface area (TPSA) is 143 Å². The highest BCUT2D eigenvalue weighted by Gasteiger charge is 2.50. The number of esters is 3. The molecule has 0 saturated carbocycles. The molecule has 1 aliphatic heterocycles. The second kappa shape index (κ2) is 9.33. The lowest BCUT2D eigenvalue weighted by Crippen LogP contribution is -2.67. The summed E-state index contributed by atoms with van der Waals surface area (Å²) in [6, 6.07) is -0.829. The van der Waals surface area contributed by atoms with E-state index >= 15 is 0 Å². The summed E-state index contributed by atoms with van der Waals surface area (Å²) in [5, 5.41) is 2.61. The predicted octanol–water partition coefficient (Wildman–Crippen LogP) is -1.36. The van der Waals surface area contributed by atoms with Gasteiger partial charge in [0.15, 0.2) is 12.2 Å². The van der Waals surface area contributed by atoms with Crippen LogP contribution in [0.2, 0.25) is 0 Å². The monoisotopic (exact) mass is 360 g/mol. The summed E-state index contributed by atoms with van der Waals surface area (Å²) >= 11 is 0. The normalized spacial score (nSPS) is 28.6. The predicted molar refractivity (Wildman–Crippen MR) is 83.1 cm³/mol. The van der Waals surface area contributed by atoms with E-state index in [-0.39, 0.29) is 13.2 Å². The zero-order valence-electron chi connectivity index (χ0n) is 14.6. The van der Waals surface area contributed by atoms with Crippen molar-refractivity contribution in [2.24, 2.45) is 5.73 Å². The van der Waals surface area contributed by atoms with Gasteiger partial charge in [-0.15, -0.1) is 0 Å². The van der Waals surface area contributed by atoms with E-state index in [4.69, 9.17) is 24.7 Å². The number of rotatable bonds is 6. The molecule has 1 fully saturated rings. The number of carbonyl (C=O) groups excluding carboxylic acids is 4. The van der Waals surface area contributed by atoms with Crippen molar-refractivity contribution in [1.82, 2.24) is 5.32 Å². The largest absolute Gasteiger partial charge is 0.463 e. The quantitative estimate of drug-likeness (QED) is 0.433. The summed E-state index contributed by atoms with van der Waals surface area (Å²) in [7, 11) is 0. The van der Waals surface area contributed by atoms with Gasteiger partial charge < -0.3 is 30.0 Å². The lowest BCUT2D eigenvalue weighted by atomic mass is 9.92. The molecule has 0 spiro atoms. The van der Waals surface area contributed by atoms with E-state index in [0.717, 1.165) is 0 Å². The molecule has 1 heterocycles. The Labute approximate surface area is 145 Å². The van der Waals surface area contributed by atoms with Crippen molar-refractivity contribution in [3.05, 3.63) is 0 Å². The molecule has 1 rings (SSSR count). The van der Waals surface area contributed by atoms with Crippen LogP contribution in [0.3, 0.4) is 0 Å². The molecule has 1 saturated heterocycles. The molecule has 1 amide bonds. The second-order valence-corrected chi connectivity index (χ2v) is 5.63. The third kappa shape index (κ3) is 6.31. The maximum Gasteiger partial charge on any atom is 0.303 e. The fraction of sp³-hybridized carbons (Fsp3) is 0.733. The molecule has 5 unspecified atom stereocenters. The number of ether oxygens (including phenoxy) is 4. The number of hydrogen-bond donors (Lipinski definition) is 2. The Morgan fingerprint density at radius 1 is 0.920 bits per heavy atom. The Morgan fingerprint density at radius 2 is 1.48 bits per heavy atom. The van der Waals surface area contributed by atoms with Gasteiger partial charge in [-0.05, 0) is 0 Å². The lowest BCUT2D eigenvalue weighted by molar-refractivity contribution is -0.222. The van der Waals surface area contributed by atoms with Crippen LogP contribution in [-0.2, 0) is 38.1 Å². The first-order chi connectivity index (χ1) is 11.6. The molecule has 1 aliphatic rings. The molecular formula is C15H24N2O8. The molecule has 0 bridgehead atoms. The molecule has 0 aliphatic carbocycles.